The van der Waals surface area contributed by atoms with E-state index in [2.05, 4.69) is 31.9 Å². The molecule has 83 heavy (non-hydrogen) atoms. The minimum Gasteiger partial charge on any atom is -0.394 e. The van der Waals surface area contributed by atoms with Gasteiger partial charge < -0.3 is 85.6 Å². The van der Waals surface area contributed by atoms with Crippen molar-refractivity contribution in [3.05, 3.63) is 0 Å². The molecular formula is C51H94BN6O23P2+. The predicted octanol–water partition coefficient (Wildman–Crippen LogP) is -0.776. The molecule has 0 aromatic rings. The molecule has 478 valence electrons. The van der Waals surface area contributed by atoms with Crippen molar-refractivity contribution in [3.63, 3.8) is 0 Å². The van der Waals surface area contributed by atoms with Crippen molar-refractivity contribution in [2.24, 2.45) is 23.7 Å². The largest absolute Gasteiger partial charge is 0.695 e. The molecule has 13 unspecified atom stereocenters. The first-order valence-electron chi connectivity index (χ1n) is 28.4. The van der Waals surface area contributed by atoms with Gasteiger partial charge in [-0.3, -0.25) is 37.8 Å². The Hall–Kier alpha value is -3.39. The minimum absolute atomic E-state index is 0.0180. The van der Waals surface area contributed by atoms with Gasteiger partial charge in [0.25, 0.3) is 0 Å². The summed E-state index contributed by atoms with van der Waals surface area (Å²) in [7, 11) is -2.19. The summed E-state index contributed by atoms with van der Waals surface area (Å²) in [6, 6.07) is -2.37. The van der Waals surface area contributed by atoms with Crippen LogP contribution >= 0.6 is 16.1 Å². The molecule has 0 aromatic heterocycles. The summed E-state index contributed by atoms with van der Waals surface area (Å²) < 4.78 is 73.5. The van der Waals surface area contributed by atoms with E-state index in [1.807, 2.05) is 34.6 Å². The summed E-state index contributed by atoms with van der Waals surface area (Å²) in [5.74, 6) is -2.54. The Morgan fingerprint density at radius 1 is 0.711 bits per heavy atom. The number of carbonyl (C=O) groups excluding carboxylic acids is 6. The first-order valence-corrected chi connectivity index (χ1v) is 31.1. The van der Waals surface area contributed by atoms with Gasteiger partial charge in [-0.2, -0.15) is 0 Å². The van der Waals surface area contributed by atoms with Crippen LogP contribution in [0.25, 0.3) is 0 Å². The molecule has 12 N–H and O–H groups in total. The van der Waals surface area contributed by atoms with Gasteiger partial charge in [-0.1, -0.05) is 41.0 Å². The van der Waals surface area contributed by atoms with Gasteiger partial charge in [0.2, 0.25) is 35.4 Å². The first-order chi connectivity index (χ1) is 39.3. The van der Waals surface area contributed by atoms with E-state index in [4.69, 9.17) is 54.7 Å². The first kappa shape index (κ1) is 75.7. The van der Waals surface area contributed by atoms with Crippen molar-refractivity contribution in [1.82, 2.24) is 31.9 Å². The molecular weight excluding hydrogens is 1140 g/mol. The minimum atomic E-state index is -4.67. The maximum atomic E-state index is 13.7. The number of hydrogen-bond acceptors (Lipinski definition) is 21. The number of carbonyl (C=O) groups is 6. The lowest BCUT2D eigenvalue weighted by Gasteiger charge is -2.42. The van der Waals surface area contributed by atoms with Crippen molar-refractivity contribution >= 4 is 59.4 Å². The molecule has 0 saturated carbocycles. The van der Waals surface area contributed by atoms with Crippen LogP contribution < -0.4 is 31.9 Å². The summed E-state index contributed by atoms with van der Waals surface area (Å²) in [6.07, 6.45) is -6.93. The molecule has 2 fully saturated rings. The van der Waals surface area contributed by atoms with Gasteiger partial charge in [0.1, 0.15) is 49.9 Å². The van der Waals surface area contributed by atoms with Gasteiger partial charge in [-0.05, 0) is 56.3 Å². The van der Waals surface area contributed by atoms with Gasteiger partial charge in [0.15, 0.2) is 12.4 Å². The van der Waals surface area contributed by atoms with Crippen molar-refractivity contribution < 1.29 is 110 Å². The number of aliphatic hydroxyl groups is 4. The monoisotopic (exact) mass is 1230 g/mol. The predicted molar refractivity (Wildman–Crippen MR) is 298 cm³/mol. The maximum Gasteiger partial charge on any atom is 0.695 e. The summed E-state index contributed by atoms with van der Waals surface area (Å²) in [6.45, 7) is 12.0. The summed E-state index contributed by atoms with van der Waals surface area (Å²) >= 11 is 0. The molecule has 16 atom stereocenters. The second-order valence-corrected chi connectivity index (χ2v) is 23.5. The summed E-state index contributed by atoms with van der Waals surface area (Å²) in [5.41, 5.74) is -1.38. The van der Waals surface area contributed by atoms with E-state index in [0.29, 0.717) is 38.9 Å². The lowest BCUT2D eigenvalue weighted by molar-refractivity contribution is -0.272. The molecule has 2 aliphatic heterocycles. The average molecular weight is 1230 g/mol. The molecule has 2 radical (unpaired) electrons. The molecule has 2 rings (SSSR count). The highest BCUT2D eigenvalue weighted by atomic mass is 31.2. The quantitative estimate of drug-likeness (QED) is 0.0202. The van der Waals surface area contributed by atoms with E-state index in [1.165, 1.54) is 6.92 Å². The number of phosphoric ester groups is 1. The number of amides is 6. The smallest absolute Gasteiger partial charge is 0.394 e. The highest BCUT2D eigenvalue weighted by Gasteiger charge is 2.48. The second kappa shape index (κ2) is 40.9. The fourth-order valence-corrected chi connectivity index (χ4v) is 10.2. The van der Waals surface area contributed by atoms with E-state index < -0.39 is 102 Å². The van der Waals surface area contributed by atoms with E-state index >= 15 is 0 Å². The van der Waals surface area contributed by atoms with Crippen LogP contribution in [0.2, 0.25) is 0 Å². The van der Waals surface area contributed by atoms with Crippen LogP contribution in [0.15, 0.2) is 0 Å². The van der Waals surface area contributed by atoms with E-state index in [0.717, 1.165) is 6.42 Å². The SMILES string of the molecule is [B][C@@H]1O[C@H](COP(=O)(O)OCC(CC)CC(C)CNC(=O)CCCC(=O)NC(COCCC(=O)NCC)(COCCC(=O)NCCC)COCCC(=O)NCC(C)CC(C)COC2OC(CO)C(O)C(O)C2NC(C)=O)[C@@H](O[P+](=O)O)C1O. The molecule has 0 spiro atoms. The van der Waals surface area contributed by atoms with E-state index in [9.17, 15) is 63.2 Å². The number of aliphatic hydroxyl groups excluding tert-OH is 4. The number of ether oxygens (including phenoxy) is 6. The van der Waals surface area contributed by atoms with Crippen LogP contribution in [0, 0.1) is 23.7 Å². The van der Waals surface area contributed by atoms with Crippen molar-refractivity contribution in [2.75, 3.05) is 92.2 Å². The lowest BCUT2D eigenvalue weighted by Crippen LogP contribution is -2.64. The second-order valence-electron chi connectivity index (χ2n) is 21.3. The van der Waals surface area contributed by atoms with Crippen LogP contribution in [-0.4, -0.2) is 226 Å². The van der Waals surface area contributed by atoms with Crippen molar-refractivity contribution in [1.29, 1.82) is 0 Å². The van der Waals surface area contributed by atoms with Gasteiger partial charge in [0, 0.05) is 75.8 Å². The zero-order chi connectivity index (χ0) is 62.1. The van der Waals surface area contributed by atoms with Gasteiger partial charge in [0.05, 0.1) is 66.1 Å². The molecule has 2 saturated heterocycles. The number of nitrogens with one attached hydrogen (secondary N) is 6. The highest BCUT2D eigenvalue weighted by molar-refractivity contribution is 7.47. The van der Waals surface area contributed by atoms with Gasteiger partial charge in [-0.15, -0.1) is 9.42 Å². The molecule has 32 heteroatoms. The molecule has 0 bridgehead atoms. The highest BCUT2D eigenvalue weighted by Crippen LogP contribution is 2.45. The third-order valence-electron chi connectivity index (χ3n) is 13.4. The zero-order valence-corrected chi connectivity index (χ0v) is 50.9. The third kappa shape index (κ3) is 31.2. The fraction of sp³-hybridized carbons (Fsp3) is 0.882. The fourth-order valence-electron chi connectivity index (χ4n) is 8.94. The number of rotatable bonds is 45. The number of phosphoric acid groups is 1. The average Bonchev–Trinajstić information content (AvgIpc) is 3.95. The number of hydrogen-bond donors (Lipinski definition) is 12. The Morgan fingerprint density at radius 2 is 1.27 bits per heavy atom. The standard InChI is InChI=1S/C51H93BN6O23P2/c1-8-17-54-41(63)15-19-74-30-51(29-73-18-14-40(62)53-10-3,31-75-20-16-42(64)56-23-32(4)21-34(6)26-76-50-44(57-35(7)60)46(67)45(66)37(25-59)80-50)58-43(65)13-11-12-39(61)55-24-33(5)22-36(9-2)27-77-83(71,72)78-28-38-48(81-82(69)70)47(68)49(52)79-38/h32-34,36-38,44-50,59,66-68H,8-31H2,1-7H3,(H7-,53,54,55,56,57,58,60,61,62,63,64,65,69,70,71,72)/p+1/t32?,33?,34?,36?,37?,38-,44?,45?,46?,47?,48-,49-,50?,51?/m1/s1. The van der Waals surface area contributed by atoms with Crippen LogP contribution in [0.4, 0.5) is 0 Å². The third-order valence-corrected chi connectivity index (χ3v) is 14.8. The molecule has 6 amide bonds. The van der Waals surface area contributed by atoms with Crippen molar-refractivity contribution in [2.45, 2.75) is 173 Å². The molecule has 2 heterocycles. The Balaban J connectivity index is 1.99. The molecule has 0 aromatic carbocycles. The van der Waals surface area contributed by atoms with Gasteiger partial charge in [-0.25, -0.2) is 4.57 Å². The van der Waals surface area contributed by atoms with Crippen LogP contribution in [0.1, 0.15) is 113 Å². The normalized spacial score (nSPS) is 24.7. The van der Waals surface area contributed by atoms with Crippen LogP contribution in [0.5, 0.6) is 0 Å². The van der Waals surface area contributed by atoms with E-state index in [-0.39, 0.29) is 145 Å². The lowest BCUT2D eigenvalue weighted by atomic mass is 9.93. The maximum absolute atomic E-state index is 13.7. The Bertz CT molecular complexity index is 2010. The Labute approximate surface area is 489 Å². The Morgan fingerprint density at radius 3 is 1.81 bits per heavy atom. The topological polar surface area (TPSA) is 413 Å². The van der Waals surface area contributed by atoms with Crippen LogP contribution in [-0.2, 0) is 79.9 Å². The van der Waals surface area contributed by atoms with Gasteiger partial charge >= 0.3 is 16.1 Å². The van der Waals surface area contributed by atoms with E-state index in [1.54, 1.807) is 6.92 Å². The molecule has 2 aliphatic rings. The Kier molecular flexibility index (Phi) is 37.3. The van der Waals surface area contributed by atoms with Crippen LogP contribution in [0.3, 0.4) is 0 Å². The van der Waals surface area contributed by atoms with Crippen molar-refractivity contribution in [3.8, 4) is 0 Å². The summed E-state index contributed by atoms with van der Waals surface area (Å²) in [4.78, 5) is 95.6. The molecule has 0 aliphatic carbocycles. The summed E-state index contributed by atoms with van der Waals surface area (Å²) in [5, 5.41) is 57.3. The molecule has 29 nitrogen and oxygen atoms in total. The zero-order valence-electron chi connectivity index (χ0n) is 49.1.